The van der Waals surface area contributed by atoms with Crippen LogP contribution >= 0.6 is 11.8 Å². The molecule has 1 aliphatic heterocycles. The monoisotopic (exact) mass is 412 g/mol. The lowest BCUT2D eigenvalue weighted by Crippen LogP contribution is -2.41. The highest BCUT2D eigenvalue weighted by Crippen LogP contribution is 2.29. The van der Waals surface area contributed by atoms with Crippen LogP contribution in [-0.2, 0) is 14.4 Å². The molecule has 0 saturated carbocycles. The van der Waals surface area contributed by atoms with Gasteiger partial charge in [0.05, 0.1) is 11.4 Å². The standard InChI is InChI=1S/C20H17FN4O3S/c1-13(26)23-24-18(27)12-29-20-22-17(11-14-5-3-2-4-6-14)19(28)25(20)16-9-7-15(21)8-10-16/h2-11H,12H2,1H3,(H,23,26)(H,24,27)/b17-11-. The van der Waals surface area contributed by atoms with E-state index in [1.165, 1.54) is 36.1 Å². The number of carbonyl (C=O) groups excluding carboxylic acids is 3. The van der Waals surface area contributed by atoms with E-state index in [4.69, 9.17) is 0 Å². The molecule has 9 heteroatoms. The number of benzene rings is 2. The predicted molar refractivity (Wildman–Crippen MR) is 110 cm³/mol. The summed E-state index contributed by atoms with van der Waals surface area (Å²) >= 11 is 1.03. The number of hydrogen-bond donors (Lipinski definition) is 2. The first kappa shape index (κ1) is 20.3. The van der Waals surface area contributed by atoms with Crippen LogP contribution in [0.3, 0.4) is 0 Å². The normalized spacial score (nSPS) is 14.7. The number of halogens is 1. The molecular formula is C20H17FN4O3S. The number of carbonyl (C=O) groups is 3. The van der Waals surface area contributed by atoms with Crippen LogP contribution in [0.25, 0.3) is 6.08 Å². The van der Waals surface area contributed by atoms with E-state index in [2.05, 4.69) is 15.8 Å². The Balaban J connectivity index is 1.85. The second-order valence-electron chi connectivity index (χ2n) is 5.97. The number of hydrogen-bond acceptors (Lipinski definition) is 5. The smallest absolute Gasteiger partial charge is 0.274 e. The second-order valence-corrected chi connectivity index (χ2v) is 6.91. The summed E-state index contributed by atoms with van der Waals surface area (Å²) in [6, 6.07) is 14.6. The molecule has 0 saturated heterocycles. The molecule has 2 N–H and O–H groups in total. The van der Waals surface area contributed by atoms with E-state index in [0.717, 1.165) is 17.3 Å². The van der Waals surface area contributed by atoms with E-state index in [1.807, 2.05) is 30.3 Å². The van der Waals surface area contributed by atoms with Crippen LogP contribution in [0.4, 0.5) is 10.1 Å². The van der Waals surface area contributed by atoms with Crippen molar-refractivity contribution in [3.8, 4) is 0 Å². The number of amidine groups is 1. The van der Waals surface area contributed by atoms with Gasteiger partial charge in [-0.1, -0.05) is 42.1 Å². The number of nitrogens with zero attached hydrogens (tertiary/aromatic N) is 2. The SMILES string of the molecule is CC(=O)NNC(=O)CSC1=N/C(=C\c2ccccc2)C(=O)N1c1ccc(F)cc1. The van der Waals surface area contributed by atoms with Gasteiger partial charge >= 0.3 is 0 Å². The first-order chi connectivity index (χ1) is 13.9. The number of nitrogens with one attached hydrogen (secondary N) is 2. The average molecular weight is 412 g/mol. The maximum Gasteiger partial charge on any atom is 0.283 e. The Hall–Kier alpha value is -3.46. The molecule has 0 spiro atoms. The molecule has 148 valence electrons. The maximum atomic E-state index is 13.3. The third-order valence-electron chi connectivity index (χ3n) is 3.73. The van der Waals surface area contributed by atoms with E-state index in [9.17, 15) is 18.8 Å². The van der Waals surface area contributed by atoms with Crippen molar-refractivity contribution in [3.63, 3.8) is 0 Å². The van der Waals surface area contributed by atoms with Crippen LogP contribution in [0.2, 0.25) is 0 Å². The largest absolute Gasteiger partial charge is 0.283 e. The number of hydrazine groups is 1. The summed E-state index contributed by atoms with van der Waals surface area (Å²) < 4.78 is 13.3. The molecular weight excluding hydrogens is 395 g/mol. The quantitative estimate of drug-likeness (QED) is 0.596. The van der Waals surface area contributed by atoms with Gasteiger partial charge in [0.1, 0.15) is 11.5 Å². The van der Waals surface area contributed by atoms with Crippen LogP contribution < -0.4 is 15.8 Å². The van der Waals surface area contributed by atoms with Crippen molar-refractivity contribution in [3.05, 3.63) is 71.7 Å². The van der Waals surface area contributed by atoms with Crippen molar-refractivity contribution >= 4 is 46.4 Å². The third kappa shape index (κ3) is 5.29. The van der Waals surface area contributed by atoms with Gasteiger partial charge in [0, 0.05) is 6.92 Å². The molecule has 3 rings (SSSR count). The molecule has 7 nitrogen and oxygen atoms in total. The molecule has 0 fully saturated rings. The van der Waals surface area contributed by atoms with Gasteiger partial charge in [-0.15, -0.1) is 0 Å². The fourth-order valence-corrected chi connectivity index (χ4v) is 3.25. The first-order valence-corrected chi connectivity index (χ1v) is 9.56. The Labute approximate surface area is 170 Å². The summed E-state index contributed by atoms with van der Waals surface area (Å²) in [6.07, 6.45) is 1.64. The minimum absolute atomic E-state index is 0.0806. The highest BCUT2D eigenvalue weighted by molar-refractivity contribution is 8.14. The van der Waals surface area contributed by atoms with E-state index < -0.39 is 17.6 Å². The highest BCUT2D eigenvalue weighted by atomic mass is 32.2. The number of rotatable bonds is 4. The zero-order chi connectivity index (χ0) is 20.8. The van der Waals surface area contributed by atoms with Crippen molar-refractivity contribution < 1.29 is 18.8 Å². The molecule has 0 unspecified atom stereocenters. The van der Waals surface area contributed by atoms with Gasteiger partial charge in [-0.2, -0.15) is 0 Å². The summed E-state index contributed by atoms with van der Waals surface area (Å²) in [5.74, 6) is -1.76. The molecule has 0 bridgehead atoms. The average Bonchev–Trinajstić information content (AvgIpc) is 3.01. The lowest BCUT2D eigenvalue weighted by molar-refractivity contribution is -0.126. The molecule has 0 aliphatic carbocycles. The molecule has 0 aromatic heterocycles. The fraction of sp³-hybridized carbons (Fsp3) is 0.100. The number of aliphatic imine (C=N–C) groups is 1. The van der Waals surface area contributed by atoms with Crippen LogP contribution in [0.15, 0.2) is 65.3 Å². The van der Waals surface area contributed by atoms with E-state index >= 15 is 0 Å². The van der Waals surface area contributed by atoms with E-state index in [0.29, 0.717) is 5.69 Å². The van der Waals surface area contributed by atoms with Crippen molar-refractivity contribution in [2.75, 3.05) is 10.7 Å². The molecule has 29 heavy (non-hydrogen) atoms. The van der Waals surface area contributed by atoms with E-state index in [1.54, 1.807) is 6.08 Å². The van der Waals surface area contributed by atoms with Crippen molar-refractivity contribution in [1.82, 2.24) is 10.9 Å². The summed E-state index contributed by atoms with van der Waals surface area (Å²) in [5, 5.41) is 0.279. The molecule has 1 aliphatic rings. The lowest BCUT2D eigenvalue weighted by atomic mass is 10.2. The molecule has 0 atom stereocenters. The van der Waals surface area contributed by atoms with Gasteiger partial charge in [-0.05, 0) is 35.9 Å². The Morgan fingerprint density at radius 3 is 2.45 bits per heavy atom. The van der Waals surface area contributed by atoms with Gasteiger partial charge in [-0.3, -0.25) is 30.1 Å². The van der Waals surface area contributed by atoms with Gasteiger partial charge in [0.15, 0.2) is 5.17 Å². The van der Waals surface area contributed by atoms with Crippen molar-refractivity contribution in [1.29, 1.82) is 0 Å². The zero-order valence-electron chi connectivity index (χ0n) is 15.4. The molecule has 2 aromatic rings. The summed E-state index contributed by atoms with van der Waals surface area (Å²) in [6.45, 7) is 1.27. The fourth-order valence-electron chi connectivity index (χ4n) is 2.44. The topological polar surface area (TPSA) is 90.9 Å². The Bertz CT molecular complexity index is 991. The summed E-state index contributed by atoms with van der Waals surface area (Å²) in [5.41, 5.74) is 5.87. The van der Waals surface area contributed by atoms with Gasteiger partial charge in [-0.25, -0.2) is 9.38 Å². The summed E-state index contributed by atoms with van der Waals surface area (Å²) in [4.78, 5) is 41.4. The second kappa shape index (κ2) is 9.16. The van der Waals surface area contributed by atoms with Gasteiger partial charge < -0.3 is 0 Å². The molecule has 2 aromatic carbocycles. The van der Waals surface area contributed by atoms with Crippen LogP contribution in [-0.4, -0.2) is 28.6 Å². The minimum atomic E-state index is -0.458. The van der Waals surface area contributed by atoms with Gasteiger partial charge in [0.25, 0.3) is 5.91 Å². The Morgan fingerprint density at radius 2 is 1.79 bits per heavy atom. The number of amides is 3. The molecule has 3 amide bonds. The molecule has 0 radical (unpaired) electrons. The zero-order valence-corrected chi connectivity index (χ0v) is 16.2. The van der Waals surface area contributed by atoms with Crippen LogP contribution in [0.5, 0.6) is 0 Å². The maximum absolute atomic E-state index is 13.3. The highest BCUT2D eigenvalue weighted by Gasteiger charge is 2.32. The van der Waals surface area contributed by atoms with E-state index in [-0.39, 0.29) is 22.5 Å². The third-order valence-corrected chi connectivity index (χ3v) is 4.67. The predicted octanol–water partition coefficient (Wildman–Crippen LogP) is 2.47. The number of anilines is 1. The Kier molecular flexibility index (Phi) is 6.40. The lowest BCUT2D eigenvalue weighted by Gasteiger charge is -2.17. The summed E-state index contributed by atoms with van der Waals surface area (Å²) in [7, 11) is 0. The van der Waals surface area contributed by atoms with Crippen LogP contribution in [0, 0.1) is 5.82 Å². The van der Waals surface area contributed by atoms with Crippen molar-refractivity contribution in [2.24, 2.45) is 4.99 Å². The van der Waals surface area contributed by atoms with Crippen LogP contribution in [0.1, 0.15) is 12.5 Å². The first-order valence-electron chi connectivity index (χ1n) is 8.58. The number of thioether (sulfide) groups is 1. The Morgan fingerprint density at radius 1 is 1.10 bits per heavy atom. The minimum Gasteiger partial charge on any atom is -0.274 e. The molecule has 1 heterocycles. The van der Waals surface area contributed by atoms with Crippen molar-refractivity contribution in [2.45, 2.75) is 6.92 Å². The van der Waals surface area contributed by atoms with Gasteiger partial charge in [0.2, 0.25) is 11.8 Å².